The van der Waals surface area contributed by atoms with E-state index in [1.807, 2.05) is 29.3 Å². The number of carbonyl (C=O) groups is 1. The minimum Gasteiger partial charge on any atom is -0.497 e. The van der Waals surface area contributed by atoms with Crippen LogP contribution < -0.4 is 4.74 Å². The molecule has 0 saturated carbocycles. The number of rotatable bonds is 6. The second-order valence-electron chi connectivity index (χ2n) is 9.40. The number of aromatic amines is 1. The Morgan fingerprint density at radius 3 is 2.70 bits per heavy atom. The molecule has 3 heterocycles. The minimum absolute atomic E-state index is 0.0905. The second kappa shape index (κ2) is 9.84. The van der Waals surface area contributed by atoms with Gasteiger partial charge in [0.25, 0.3) is 0 Å². The van der Waals surface area contributed by atoms with E-state index in [4.69, 9.17) is 4.74 Å². The van der Waals surface area contributed by atoms with Crippen LogP contribution in [0, 0.1) is 11.8 Å². The number of nitrogens with zero attached hydrogens (tertiary/aromatic N) is 2. The molecule has 172 valence electrons. The van der Waals surface area contributed by atoms with E-state index in [2.05, 4.69) is 52.4 Å². The number of hydrogen-bond acceptors (Lipinski definition) is 3. The maximum absolute atomic E-state index is 13.5. The summed E-state index contributed by atoms with van der Waals surface area (Å²) in [5, 5.41) is 1.27. The first kappa shape index (κ1) is 21.8. The van der Waals surface area contributed by atoms with Crippen molar-refractivity contribution < 1.29 is 9.53 Å². The molecule has 2 aliphatic rings. The summed E-state index contributed by atoms with van der Waals surface area (Å²) in [7, 11) is 1.68. The Morgan fingerprint density at radius 1 is 1.00 bits per heavy atom. The zero-order valence-electron chi connectivity index (χ0n) is 19.4. The molecule has 0 unspecified atom stereocenters. The lowest BCUT2D eigenvalue weighted by atomic mass is 9.81. The number of nitrogens with one attached hydrogen (secondary N) is 1. The standard InChI is InChI=1S/C28H33N3O2/c1-33-25-6-4-5-21(18-25)20-31-14-3-2-7-26(28(31)32)23-11-15-30(16-12-23)19-22-8-9-27-24(17-22)10-13-29-27/h2-6,8-10,13,17-18,23,26,29H,7,11-12,14-16,19-20H2,1H3/t26-/m0/s1. The van der Waals surface area contributed by atoms with Crippen molar-refractivity contribution in [2.45, 2.75) is 32.4 Å². The van der Waals surface area contributed by atoms with E-state index < -0.39 is 0 Å². The zero-order valence-corrected chi connectivity index (χ0v) is 19.4. The van der Waals surface area contributed by atoms with Gasteiger partial charge in [0.1, 0.15) is 5.75 Å². The van der Waals surface area contributed by atoms with Gasteiger partial charge >= 0.3 is 0 Å². The number of H-pyrrole nitrogens is 1. The number of carbonyl (C=O) groups excluding carboxylic acids is 1. The molecule has 0 bridgehead atoms. The summed E-state index contributed by atoms with van der Waals surface area (Å²) in [6, 6.07) is 16.9. The molecule has 33 heavy (non-hydrogen) atoms. The molecular formula is C28H33N3O2. The lowest BCUT2D eigenvalue weighted by Crippen LogP contribution is -2.42. The van der Waals surface area contributed by atoms with E-state index >= 15 is 0 Å². The maximum Gasteiger partial charge on any atom is 0.226 e. The molecule has 0 radical (unpaired) electrons. The molecular weight excluding hydrogens is 410 g/mol. The maximum atomic E-state index is 13.5. The largest absolute Gasteiger partial charge is 0.497 e. The number of allylic oxidation sites excluding steroid dienone is 1. The highest BCUT2D eigenvalue weighted by Gasteiger charge is 2.34. The van der Waals surface area contributed by atoms with Crippen molar-refractivity contribution in [2.75, 3.05) is 26.7 Å². The van der Waals surface area contributed by atoms with Crippen molar-refractivity contribution in [3.8, 4) is 5.75 Å². The molecule has 2 aliphatic heterocycles. The number of ether oxygens (including phenoxy) is 1. The summed E-state index contributed by atoms with van der Waals surface area (Å²) < 4.78 is 5.36. The van der Waals surface area contributed by atoms with Gasteiger partial charge in [-0.15, -0.1) is 0 Å². The van der Waals surface area contributed by atoms with Crippen molar-refractivity contribution in [3.05, 3.63) is 78.0 Å². The third-order valence-electron chi connectivity index (χ3n) is 7.24. The number of amides is 1. The number of piperidine rings is 1. The molecule has 5 nitrogen and oxygen atoms in total. The van der Waals surface area contributed by atoms with Crippen LogP contribution in [0.25, 0.3) is 10.9 Å². The van der Waals surface area contributed by atoms with Crippen LogP contribution in [0.3, 0.4) is 0 Å². The predicted octanol–water partition coefficient (Wildman–Crippen LogP) is 4.99. The van der Waals surface area contributed by atoms with Crippen molar-refractivity contribution in [1.29, 1.82) is 0 Å². The van der Waals surface area contributed by atoms with Crippen LogP contribution in [0.15, 0.2) is 66.9 Å². The molecule has 3 aromatic rings. The summed E-state index contributed by atoms with van der Waals surface area (Å²) >= 11 is 0. The van der Waals surface area contributed by atoms with Crippen LogP contribution >= 0.6 is 0 Å². The average Bonchev–Trinajstić information content (AvgIpc) is 3.24. The lowest BCUT2D eigenvalue weighted by molar-refractivity contribution is -0.137. The second-order valence-corrected chi connectivity index (χ2v) is 9.40. The highest BCUT2D eigenvalue weighted by atomic mass is 16.5. The molecule has 5 heteroatoms. The molecule has 1 amide bonds. The van der Waals surface area contributed by atoms with Crippen LogP contribution in [-0.2, 0) is 17.9 Å². The van der Waals surface area contributed by atoms with Gasteiger partial charge in [0.2, 0.25) is 5.91 Å². The summed E-state index contributed by atoms with van der Waals surface area (Å²) in [5.41, 5.74) is 3.67. The first-order valence-corrected chi connectivity index (χ1v) is 12.0. The van der Waals surface area contributed by atoms with Gasteiger partial charge in [-0.1, -0.05) is 30.4 Å². The number of aromatic nitrogens is 1. The minimum atomic E-state index is 0.0905. The Balaban J connectivity index is 1.20. The van der Waals surface area contributed by atoms with Crippen LogP contribution in [0.1, 0.15) is 30.4 Å². The summed E-state index contributed by atoms with van der Waals surface area (Å²) in [5.74, 6) is 1.69. The number of benzene rings is 2. The van der Waals surface area contributed by atoms with Gasteiger partial charge in [0.05, 0.1) is 7.11 Å². The number of fused-ring (bicyclic) bond motifs is 1. The SMILES string of the molecule is COc1cccc(CN2CC=CC[C@@H](C3CCN(Cc4ccc5[nH]ccc5c4)CC3)C2=O)c1. The first-order chi connectivity index (χ1) is 16.2. The zero-order chi connectivity index (χ0) is 22.6. The van der Waals surface area contributed by atoms with Crippen molar-refractivity contribution in [1.82, 2.24) is 14.8 Å². The average molecular weight is 444 g/mol. The highest BCUT2D eigenvalue weighted by Crippen LogP contribution is 2.32. The van der Waals surface area contributed by atoms with E-state index in [0.29, 0.717) is 24.9 Å². The molecule has 1 N–H and O–H groups in total. The van der Waals surface area contributed by atoms with Crippen LogP contribution in [0.4, 0.5) is 0 Å². The highest BCUT2D eigenvalue weighted by molar-refractivity contribution is 5.80. The third kappa shape index (κ3) is 4.98. The topological polar surface area (TPSA) is 48.6 Å². The van der Waals surface area contributed by atoms with Gasteiger partial charge in [-0.3, -0.25) is 9.69 Å². The normalized spacial score (nSPS) is 20.3. The number of hydrogen-bond donors (Lipinski definition) is 1. The van der Waals surface area contributed by atoms with Gasteiger partial charge in [0.15, 0.2) is 0 Å². The van der Waals surface area contributed by atoms with Crippen molar-refractivity contribution in [3.63, 3.8) is 0 Å². The van der Waals surface area contributed by atoms with Crippen LogP contribution in [0.5, 0.6) is 5.75 Å². The Morgan fingerprint density at radius 2 is 1.85 bits per heavy atom. The molecule has 0 aliphatic carbocycles. The number of likely N-dealkylation sites (tertiary alicyclic amines) is 1. The van der Waals surface area contributed by atoms with E-state index in [9.17, 15) is 4.79 Å². The Hall–Kier alpha value is -3.05. The molecule has 1 fully saturated rings. The number of methoxy groups -OCH3 is 1. The van der Waals surface area contributed by atoms with E-state index in [-0.39, 0.29) is 5.92 Å². The van der Waals surface area contributed by atoms with E-state index in [1.54, 1.807) is 7.11 Å². The third-order valence-corrected chi connectivity index (χ3v) is 7.24. The lowest BCUT2D eigenvalue weighted by Gasteiger charge is -2.36. The molecule has 1 aromatic heterocycles. The Bertz CT molecular complexity index is 1130. The van der Waals surface area contributed by atoms with Gasteiger partial charge in [-0.25, -0.2) is 0 Å². The quantitative estimate of drug-likeness (QED) is 0.546. The molecule has 1 saturated heterocycles. The van der Waals surface area contributed by atoms with Gasteiger partial charge in [-0.2, -0.15) is 0 Å². The van der Waals surface area contributed by atoms with Crippen molar-refractivity contribution >= 4 is 16.8 Å². The summed E-state index contributed by atoms with van der Waals surface area (Å²) in [6.45, 7) is 4.41. The summed E-state index contributed by atoms with van der Waals surface area (Å²) in [6.07, 6.45) is 9.41. The molecule has 1 atom stereocenters. The van der Waals surface area contributed by atoms with Crippen LogP contribution in [0.2, 0.25) is 0 Å². The van der Waals surface area contributed by atoms with Gasteiger partial charge in [-0.05, 0) is 85.1 Å². The fourth-order valence-electron chi connectivity index (χ4n) is 5.37. The fourth-order valence-corrected chi connectivity index (χ4v) is 5.37. The monoisotopic (exact) mass is 443 g/mol. The predicted molar refractivity (Wildman–Crippen MR) is 132 cm³/mol. The fraction of sp³-hybridized carbons (Fsp3) is 0.393. The van der Waals surface area contributed by atoms with Gasteiger partial charge < -0.3 is 14.6 Å². The summed E-state index contributed by atoms with van der Waals surface area (Å²) in [4.78, 5) is 21.3. The van der Waals surface area contributed by atoms with E-state index in [0.717, 1.165) is 50.2 Å². The van der Waals surface area contributed by atoms with Crippen LogP contribution in [-0.4, -0.2) is 47.4 Å². The first-order valence-electron chi connectivity index (χ1n) is 12.0. The van der Waals surface area contributed by atoms with E-state index in [1.165, 1.54) is 16.5 Å². The van der Waals surface area contributed by atoms with Gasteiger partial charge in [0, 0.05) is 37.3 Å². The Kier molecular flexibility index (Phi) is 6.49. The molecule has 0 spiro atoms. The smallest absolute Gasteiger partial charge is 0.226 e. The molecule has 2 aromatic carbocycles. The Labute approximate surface area is 196 Å². The van der Waals surface area contributed by atoms with Crippen molar-refractivity contribution in [2.24, 2.45) is 11.8 Å². The molecule has 5 rings (SSSR count).